The van der Waals surface area contributed by atoms with E-state index in [2.05, 4.69) is 20.6 Å². The number of rotatable bonds is 7. The number of benzene rings is 2. The highest BCUT2D eigenvalue weighted by Gasteiger charge is 2.12. The number of nitrogens with zero attached hydrogens (tertiary/aromatic N) is 2. The van der Waals surface area contributed by atoms with Gasteiger partial charge in [-0.05, 0) is 49.2 Å². The number of anilines is 2. The van der Waals surface area contributed by atoms with Crippen LogP contribution in [-0.4, -0.2) is 29.5 Å². The van der Waals surface area contributed by atoms with Gasteiger partial charge < -0.3 is 15.4 Å². The Labute approximate surface area is 167 Å². The van der Waals surface area contributed by atoms with Gasteiger partial charge in [0.05, 0.1) is 12.8 Å². The molecular weight excluding hydrogens is 378 g/mol. The summed E-state index contributed by atoms with van der Waals surface area (Å²) in [6, 6.07) is 12.2. The summed E-state index contributed by atoms with van der Waals surface area (Å²) in [5, 5.41) is 5.47. The second-order valence-electron chi connectivity index (χ2n) is 6.32. The summed E-state index contributed by atoms with van der Waals surface area (Å²) in [4.78, 5) is 20.7. The van der Waals surface area contributed by atoms with Gasteiger partial charge in [0, 0.05) is 18.3 Å². The SMILES string of the molecule is COc1ccc(CCNC(=O)c2cc(C)nc(Nc3ccc(F)cc3F)n2)cc1. The predicted molar refractivity (Wildman–Crippen MR) is 105 cm³/mol. The lowest BCUT2D eigenvalue weighted by atomic mass is 10.1. The number of methoxy groups -OCH3 is 1. The Bertz CT molecular complexity index is 1010. The molecule has 1 amide bonds. The number of halogens is 2. The van der Waals surface area contributed by atoms with Crippen LogP contribution in [0.15, 0.2) is 48.5 Å². The highest BCUT2D eigenvalue weighted by atomic mass is 19.1. The molecule has 0 aliphatic rings. The molecule has 0 aliphatic heterocycles. The largest absolute Gasteiger partial charge is 0.497 e. The van der Waals surface area contributed by atoms with E-state index in [9.17, 15) is 13.6 Å². The second kappa shape index (κ2) is 9.09. The minimum atomic E-state index is -0.777. The summed E-state index contributed by atoms with van der Waals surface area (Å²) < 4.78 is 32.0. The first-order valence-electron chi connectivity index (χ1n) is 8.93. The lowest BCUT2D eigenvalue weighted by Crippen LogP contribution is -2.27. The van der Waals surface area contributed by atoms with Gasteiger partial charge in [0.25, 0.3) is 5.91 Å². The molecule has 0 bridgehead atoms. The summed E-state index contributed by atoms with van der Waals surface area (Å²) >= 11 is 0. The van der Waals surface area contributed by atoms with E-state index in [-0.39, 0.29) is 23.2 Å². The number of carbonyl (C=O) groups excluding carboxylic acids is 1. The molecule has 0 spiro atoms. The molecule has 6 nitrogen and oxygen atoms in total. The van der Waals surface area contributed by atoms with E-state index in [0.29, 0.717) is 18.7 Å². The number of aromatic nitrogens is 2. The molecule has 3 aromatic rings. The van der Waals surface area contributed by atoms with Crippen molar-refractivity contribution >= 4 is 17.5 Å². The highest BCUT2D eigenvalue weighted by Crippen LogP contribution is 2.19. The molecule has 1 aromatic heterocycles. The third-order valence-electron chi connectivity index (χ3n) is 4.12. The van der Waals surface area contributed by atoms with E-state index >= 15 is 0 Å². The maximum absolute atomic E-state index is 13.8. The lowest BCUT2D eigenvalue weighted by Gasteiger charge is -2.10. The number of amides is 1. The number of hydrogen-bond donors (Lipinski definition) is 2. The van der Waals surface area contributed by atoms with Crippen molar-refractivity contribution < 1.29 is 18.3 Å². The Kier molecular flexibility index (Phi) is 6.33. The normalized spacial score (nSPS) is 10.5. The molecule has 0 saturated heterocycles. The van der Waals surface area contributed by atoms with E-state index < -0.39 is 11.6 Å². The van der Waals surface area contributed by atoms with E-state index in [4.69, 9.17) is 4.74 Å². The highest BCUT2D eigenvalue weighted by molar-refractivity contribution is 5.92. The monoisotopic (exact) mass is 398 g/mol. The summed E-state index contributed by atoms with van der Waals surface area (Å²) in [5.74, 6) is -1.01. The predicted octanol–water partition coefficient (Wildman–Crippen LogP) is 3.79. The van der Waals surface area contributed by atoms with Gasteiger partial charge in [-0.15, -0.1) is 0 Å². The molecule has 0 fully saturated rings. The van der Waals surface area contributed by atoms with Crippen LogP contribution in [0.5, 0.6) is 5.75 Å². The van der Waals surface area contributed by atoms with E-state index in [1.54, 1.807) is 14.0 Å². The molecule has 150 valence electrons. The minimum Gasteiger partial charge on any atom is -0.497 e. The Hall–Kier alpha value is -3.55. The van der Waals surface area contributed by atoms with Crippen LogP contribution in [0.2, 0.25) is 0 Å². The van der Waals surface area contributed by atoms with Gasteiger partial charge in [-0.25, -0.2) is 18.7 Å². The van der Waals surface area contributed by atoms with Gasteiger partial charge >= 0.3 is 0 Å². The Morgan fingerprint density at radius 2 is 1.83 bits per heavy atom. The van der Waals surface area contributed by atoms with Crippen LogP contribution >= 0.6 is 0 Å². The summed E-state index contributed by atoms with van der Waals surface area (Å²) in [6.45, 7) is 2.12. The molecule has 0 saturated carbocycles. The Balaban J connectivity index is 1.64. The molecule has 3 rings (SSSR count). The molecule has 1 heterocycles. The average Bonchev–Trinajstić information content (AvgIpc) is 2.70. The van der Waals surface area contributed by atoms with E-state index in [0.717, 1.165) is 23.4 Å². The minimum absolute atomic E-state index is 0.0165. The van der Waals surface area contributed by atoms with Crippen molar-refractivity contribution in [2.45, 2.75) is 13.3 Å². The number of ether oxygens (including phenoxy) is 1. The molecule has 0 unspecified atom stereocenters. The molecule has 29 heavy (non-hydrogen) atoms. The first kappa shape index (κ1) is 20.2. The molecule has 2 aromatic carbocycles. The van der Waals surface area contributed by atoms with E-state index in [1.165, 1.54) is 12.1 Å². The lowest BCUT2D eigenvalue weighted by molar-refractivity contribution is 0.0949. The van der Waals surface area contributed by atoms with Crippen LogP contribution < -0.4 is 15.4 Å². The quantitative estimate of drug-likeness (QED) is 0.633. The maximum Gasteiger partial charge on any atom is 0.270 e. The van der Waals surface area contributed by atoms with Crippen molar-refractivity contribution in [3.8, 4) is 5.75 Å². The summed E-state index contributed by atoms with van der Waals surface area (Å²) in [5.41, 5.74) is 1.75. The fraction of sp³-hybridized carbons (Fsp3) is 0.190. The molecule has 0 aliphatic carbocycles. The molecule has 8 heteroatoms. The van der Waals surface area contributed by atoms with Crippen LogP contribution in [0.4, 0.5) is 20.4 Å². The zero-order chi connectivity index (χ0) is 20.8. The smallest absolute Gasteiger partial charge is 0.270 e. The first-order valence-corrected chi connectivity index (χ1v) is 8.93. The van der Waals surface area contributed by atoms with Crippen molar-refractivity contribution in [3.05, 3.63) is 77.1 Å². The summed E-state index contributed by atoms with van der Waals surface area (Å²) in [7, 11) is 1.60. The number of carbonyl (C=O) groups is 1. The van der Waals surface area contributed by atoms with Crippen molar-refractivity contribution in [1.82, 2.24) is 15.3 Å². The fourth-order valence-electron chi connectivity index (χ4n) is 2.66. The first-order chi connectivity index (χ1) is 13.9. The topological polar surface area (TPSA) is 76.1 Å². The van der Waals surface area contributed by atoms with Crippen LogP contribution in [0.25, 0.3) is 0 Å². The number of aryl methyl sites for hydroxylation is 1. The van der Waals surface area contributed by atoms with Crippen molar-refractivity contribution in [2.24, 2.45) is 0 Å². The average molecular weight is 398 g/mol. The van der Waals surface area contributed by atoms with Crippen molar-refractivity contribution in [3.63, 3.8) is 0 Å². The van der Waals surface area contributed by atoms with Gasteiger partial charge in [-0.1, -0.05) is 12.1 Å². The number of hydrogen-bond acceptors (Lipinski definition) is 5. The fourth-order valence-corrected chi connectivity index (χ4v) is 2.66. The Morgan fingerprint density at radius 1 is 1.07 bits per heavy atom. The van der Waals surface area contributed by atoms with Crippen molar-refractivity contribution in [2.75, 3.05) is 19.0 Å². The third-order valence-corrected chi connectivity index (χ3v) is 4.12. The maximum atomic E-state index is 13.8. The van der Waals surface area contributed by atoms with Crippen LogP contribution in [0.1, 0.15) is 21.7 Å². The third kappa shape index (κ3) is 5.47. The van der Waals surface area contributed by atoms with E-state index in [1.807, 2.05) is 24.3 Å². The van der Waals surface area contributed by atoms with Crippen molar-refractivity contribution in [1.29, 1.82) is 0 Å². The zero-order valence-corrected chi connectivity index (χ0v) is 16.0. The van der Waals surface area contributed by atoms with Gasteiger partial charge in [0.2, 0.25) is 5.95 Å². The number of nitrogens with one attached hydrogen (secondary N) is 2. The standard InChI is InChI=1S/C21H20F2N4O2/c1-13-11-19(20(28)24-10-9-14-3-6-16(29-2)7-4-14)27-21(25-13)26-18-8-5-15(22)12-17(18)23/h3-8,11-12H,9-10H2,1-2H3,(H,24,28)(H,25,26,27). The zero-order valence-electron chi connectivity index (χ0n) is 16.0. The molecule has 0 atom stereocenters. The van der Waals surface area contributed by atoms with Gasteiger partial charge in [-0.3, -0.25) is 4.79 Å². The summed E-state index contributed by atoms with van der Waals surface area (Å²) in [6.07, 6.45) is 0.645. The molecule has 0 radical (unpaired) electrons. The van der Waals surface area contributed by atoms with Gasteiger partial charge in [0.15, 0.2) is 0 Å². The van der Waals surface area contributed by atoms with Crippen LogP contribution in [0.3, 0.4) is 0 Å². The molecule has 2 N–H and O–H groups in total. The second-order valence-corrected chi connectivity index (χ2v) is 6.32. The van der Waals surface area contributed by atoms with Crippen LogP contribution in [0, 0.1) is 18.6 Å². The molecular formula is C21H20F2N4O2. The van der Waals surface area contributed by atoms with Gasteiger partial charge in [0.1, 0.15) is 23.1 Å². The Morgan fingerprint density at radius 3 is 2.52 bits per heavy atom. The van der Waals surface area contributed by atoms with Crippen LogP contribution in [-0.2, 0) is 6.42 Å². The van der Waals surface area contributed by atoms with Gasteiger partial charge in [-0.2, -0.15) is 0 Å².